The molecule has 0 aliphatic heterocycles. The summed E-state index contributed by atoms with van der Waals surface area (Å²) < 4.78 is 57.4. The highest BCUT2D eigenvalue weighted by molar-refractivity contribution is 5.96. The minimum absolute atomic E-state index is 0.0198. The lowest BCUT2D eigenvalue weighted by Gasteiger charge is -2.25. The van der Waals surface area contributed by atoms with Gasteiger partial charge in [-0.05, 0) is 36.2 Å². The molecule has 4 aromatic rings. The van der Waals surface area contributed by atoms with Crippen LogP contribution in [0.1, 0.15) is 40.7 Å². The molecule has 0 atom stereocenters. The second kappa shape index (κ2) is 9.62. The molecule has 2 aromatic carbocycles. The Hall–Kier alpha value is -3.75. The quantitative estimate of drug-likeness (QED) is 0.319. The minimum Gasteiger partial charge on any atom is -0.327 e. The first-order valence-electron chi connectivity index (χ1n) is 10.8. The maximum Gasteiger partial charge on any atom is 0.417 e. The van der Waals surface area contributed by atoms with Crippen molar-refractivity contribution < 1.29 is 22.4 Å². The third-order valence-electron chi connectivity index (χ3n) is 5.40. The number of hydrogen-bond donors (Lipinski definition) is 0. The summed E-state index contributed by atoms with van der Waals surface area (Å²) in [5.41, 5.74) is -0.383. The Morgan fingerprint density at radius 3 is 2.47 bits per heavy atom. The molecule has 9 heteroatoms. The lowest BCUT2D eigenvalue weighted by molar-refractivity contribution is -0.138. The average molecular weight is 470 g/mol. The lowest BCUT2D eigenvalue weighted by atomic mass is 10.0. The average Bonchev–Trinajstić information content (AvgIpc) is 3.15. The van der Waals surface area contributed by atoms with Gasteiger partial charge in [0.1, 0.15) is 17.2 Å². The Labute approximate surface area is 193 Å². The van der Waals surface area contributed by atoms with Crippen molar-refractivity contribution in [1.82, 2.24) is 19.4 Å². The highest BCUT2D eigenvalue weighted by Gasteiger charge is 2.38. The van der Waals surface area contributed by atoms with Crippen molar-refractivity contribution in [3.8, 4) is 0 Å². The van der Waals surface area contributed by atoms with Crippen LogP contribution in [0.2, 0.25) is 0 Å². The van der Waals surface area contributed by atoms with Crippen molar-refractivity contribution in [1.29, 1.82) is 0 Å². The van der Waals surface area contributed by atoms with E-state index in [0.717, 1.165) is 18.6 Å². The third kappa shape index (κ3) is 4.78. The van der Waals surface area contributed by atoms with Crippen LogP contribution < -0.4 is 0 Å². The molecular formula is C25H22F4N4O. The van der Waals surface area contributed by atoms with Crippen LogP contribution in [-0.4, -0.2) is 25.3 Å². The zero-order chi connectivity index (χ0) is 24.3. The highest BCUT2D eigenvalue weighted by Crippen LogP contribution is 2.34. The van der Waals surface area contributed by atoms with E-state index in [9.17, 15) is 22.4 Å². The molecule has 4 rings (SSSR count). The monoisotopic (exact) mass is 470 g/mol. The van der Waals surface area contributed by atoms with Crippen molar-refractivity contribution in [2.75, 3.05) is 0 Å². The van der Waals surface area contributed by atoms with Crippen molar-refractivity contribution in [2.45, 2.75) is 39.2 Å². The fourth-order valence-corrected chi connectivity index (χ4v) is 3.89. The Balaban J connectivity index is 1.80. The van der Waals surface area contributed by atoms with Gasteiger partial charge in [-0.3, -0.25) is 4.79 Å². The SMILES string of the molecule is CCCn1c(CN(Cc2ccccc2)C(=O)c2c(F)cccc2C(F)(F)F)nc2cccnc21. The molecular weight excluding hydrogens is 448 g/mol. The molecule has 1 amide bonds. The van der Waals surface area contributed by atoms with E-state index in [2.05, 4.69) is 9.97 Å². The number of carbonyl (C=O) groups is 1. The van der Waals surface area contributed by atoms with E-state index in [1.54, 1.807) is 48.7 Å². The summed E-state index contributed by atoms with van der Waals surface area (Å²) >= 11 is 0. The lowest BCUT2D eigenvalue weighted by Crippen LogP contribution is -2.33. The number of hydrogen-bond acceptors (Lipinski definition) is 3. The Morgan fingerprint density at radius 1 is 1.00 bits per heavy atom. The van der Waals surface area contributed by atoms with E-state index in [-0.39, 0.29) is 13.1 Å². The van der Waals surface area contributed by atoms with Gasteiger partial charge < -0.3 is 9.47 Å². The van der Waals surface area contributed by atoms with Gasteiger partial charge in [-0.25, -0.2) is 14.4 Å². The topological polar surface area (TPSA) is 51.0 Å². The first-order chi connectivity index (χ1) is 16.3. The number of nitrogens with zero attached hydrogens (tertiary/aromatic N) is 4. The van der Waals surface area contributed by atoms with Gasteiger partial charge in [-0.2, -0.15) is 13.2 Å². The molecule has 0 spiro atoms. The van der Waals surface area contributed by atoms with Gasteiger partial charge in [-0.1, -0.05) is 43.3 Å². The van der Waals surface area contributed by atoms with Crippen LogP contribution in [0, 0.1) is 5.82 Å². The van der Waals surface area contributed by atoms with Gasteiger partial charge in [0, 0.05) is 19.3 Å². The normalized spacial score (nSPS) is 11.7. The number of alkyl halides is 3. The molecule has 0 bridgehead atoms. The highest BCUT2D eigenvalue weighted by atomic mass is 19.4. The molecule has 0 N–H and O–H groups in total. The van der Waals surface area contributed by atoms with Crippen LogP contribution in [0.3, 0.4) is 0 Å². The van der Waals surface area contributed by atoms with Crippen molar-refractivity contribution in [3.05, 3.63) is 95.2 Å². The minimum atomic E-state index is -4.88. The van der Waals surface area contributed by atoms with E-state index < -0.39 is 29.0 Å². The number of fused-ring (bicyclic) bond motifs is 1. The van der Waals surface area contributed by atoms with Gasteiger partial charge >= 0.3 is 6.18 Å². The number of aromatic nitrogens is 3. The number of aryl methyl sites for hydroxylation is 1. The number of imidazole rings is 1. The second-order valence-corrected chi connectivity index (χ2v) is 7.83. The first kappa shape index (κ1) is 23.4. The molecule has 0 aliphatic rings. The van der Waals surface area contributed by atoms with Crippen LogP contribution >= 0.6 is 0 Å². The number of rotatable bonds is 7. The number of amides is 1. The van der Waals surface area contributed by atoms with E-state index in [1.807, 2.05) is 11.5 Å². The largest absolute Gasteiger partial charge is 0.417 e. The molecule has 2 aromatic heterocycles. The summed E-state index contributed by atoms with van der Waals surface area (Å²) in [5.74, 6) is -1.82. The van der Waals surface area contributed by atoms with E-state index >= 15 is 0 Å². The zero-order valence-corrected chi connectivity index (χ0v) is 18.4. The maximum absolute atomic E-state index is 14.7. The standard InChI is InChI=1S/C25H22F4N4O/c1-2-14-33-21(31-20-12-7-13-30-23(20)33)16-32(15-17-8-4-3-5-9-17)24(34)22-18(25(27,28)29)10-6-11-19(22)26/h3-13H,2,14-16H2,1H3. The molecule has 5 nitrogen and oxygen atoms in total. The summed E-state index contributed by atoms with van der Waals surface area (Å²) in [6.07, 6.45) is -2.50. The molecule has 0 unspecified atom stereocenters. The number of carbonyl (C=O) groups excluding carboxylic acids is 1. The molecule has 176 valence electrons. The summed E-state index contributed by atoms with van der Waals surface area (Å²) in [6.45, 7) is 2.40. The summed E-state index contributed by atoms with van der Waals surface area (Å²) in [6, 6.07) is 14.9. The summed E-state index contributed by atoms with van der Waals surface area (Å²) in [7, 11) is 0. The zero-order valence-electron chi connectivity index (χ0n) is 18.4. The number of benzene rings is 2. The van der Waals surface area contributed by atoms with Crippen LogP contribution in [0.25, 0.3) is 11.2 Å². The fraction of sp³-hybridized carbons (Fsp3) is 0.240. The van der Waals surface area contributed by atoms with E-state index in [1.165, 1.54) is 4.90 Å². The van der Waals surface area contributed by atoms with Crippen LogP contribution in [0.5, 0.6) is 0 Å². The van der Waals surface area contributed by atoms with Gasteiger partial charge in [0.05, 0.1) is 17.7 Å². The number of pyridine rings is 1. The Bertz CT molecular complexity index is 1300. The second-order valence-electron chi connectivity index (χ2n) is 7.83. The predicted octanol–water partition coefficient (Wildman–Crippen LogP) is 5.84. The fourth-order valence-electron chi connectivity index (χ4n) is 3.89. The van der Waals surface area contributed by atoms with Gasteiger partial charge in [0.2, 0.25) is 0 Å². The maximum atomic E-state index is 14.7. The molecule has 0 saturated heterocycles. The Morgan fingerprint density at radius 2 is 1.76 bits per heavy atom. The van der Waals surface area contributed by atoms with Gasteiger partial charge in [-0.15, -0.1) is 0 Å². The van der Waals surface area contributed by atoms with Crippen molar-refractivity contribution in [2.24, 2.45) is 0 Å². The molecule has 2 heterocycles. The van der Waals surface area contributed by atoms with E-state index in [0.29, 0.717) is 35.2 Å². The summed E-state index contributed by atoms with van der Waals surface area (Å²) in [5, 5.41) is 0. The van der Waals surface area contributed by atoms with Crippen LogP contribution in [0.4, 0.5) is 17.6 Å². The van der Waals surface area contributed by atoms with Crippen LogP contribution in [0.15, 0.2) is 66.9 Å². The van der Waals surface area contributed by atoms with Crippen LogP contribution in [-0.2, 0) is 25.8 Å². The van der Waals surface area contributed by atoms with Gasteiger partial charge in [0.15, 0.2) is 5.65 Å². The predicted molar refractivity (Wildman–Crippen MR) is 119 cm³/mol. The third-order valence-corrected chi connectivity index (χ3v) is 5.40. The van der Waals surface area contributed by atoms with E-state index in [4.69, 9.17) is 0 Å². The Kier molecular flexibility index (Phi) is 6.63. The molecule has 0 aliphatic carbocycles. The number of halogens is 4. The van der Waals surface area contributed by atoms with Crippen molar-refractivity contribution >= 4 is 17.1 Å². The molecule has 34 heavy (non-hydrogen) atoms. The van der Waals surface area contributed by atoms with Gasteiger partial charge in [0.25, 0.3) is 5.91 Å². The molecule has 0 saturated carbocycles. The molecule has 0 fully saturated rings. The smallest absolute Gasteiger partial charge is 0.327 e. The first-order valence-corrected chi connectivity index (χ1v) is 10.8. The van der Waals surface area contributed by atoms with Crippen molar-refractivity contribution in [3.63, 3.8) is 0 Å². The summed E-state index contributed by atoms with van der Waals surface area (Å²) in [4.78, 5) is 23.6. The molecule has 0 radical (unpaired) electrons.